The minimum Gasteiger partial charge on any atom is -0.493 e. The number of ether oxygens (including phenoxy) is 3. The van der Waals surface area contributed by atoms with Crippen LogP contribution < -0.4 is 24.8 Å². The zero-order chi connectivity index (χ0) is 19.0. The Morgan fingerprint density at radius 1 is 1.15 bits per heavy atom. The van der Waals surface area contributed by atoms with Gasteiger partial charge in [0.15, 0.2) is 17.5 Å². The average molecular weight is 509 g/mol. The van der Waals surface area contributed by atoms with E-state index in [-0.39, 0.29) is 24.0 Å². The SMILES string of the molecule is CCNC(=NCc1cc(OC)c(OC)c(OC)c1)NCC1(C)CCCS1.I. The highest BCUT2D eigenvalue weighted by Crippen LogP contribution is 2.38. The minimum atomic E-state index is 0. The first-order chi connectivity index (χ1) is 12.5. The largest absolute Gasteiger partial charge is 0.493 e. The van der Waals surface area contributed by atoms with E-state index in [1.807, 2.05) is 23.9 Å². The number of hydrogen-bond acceptors (Lipinski definition) is 5. The fourth-order valence-electron chi connectivity index (χ4n) is 2.99. The summed E-state index contributed by atoms with van der Waals surface area (Å²) in [7, 11) is 4.85. The summed E-state index contributed by atoms with van der Waals surface area (Å²) in [5.74, 6) is 3.96. The van der Waals surface area contributed by atoms with Crippen molar-refractivity contribution in [3.8, 4) is 17.2 Å². The predicted octanol–water partition coefficient (Wildman–Crippen LogP) is 3.67. The molecule has 0 aliphatic carbocycles. The van der Waals surface area contributed by atoms with Crippen LogP contribution in [0.3, 0.4) is 0 Å². The van der Waals surface area contributed by atoms with Gasteiger partial charge in [-0.2, -0.15) is 11.8 Å². The van der Waals surface area contributed by atoms with E-state index in [1.165, 1.54) is 18.6 Å². The lowest BCUT2D eigenvalue weighted by Gasteiger charge is -2.24. The van der Waals surface area contributed by atoms with Crippen molar-refractivity contribution in [2.75, 3.05) is 40.2 Å². The molecule has 1 atom stereocenters. The van der Waals surface area contributed by atoms with Gasteiger partial charge in [0.25, 0.3) is 0 Å². The maximum absolute atomic E-state index is 5.41. The van der Waals surface area contributed by atoms with E-state index in [0.717, 1.165) is 24.6 Å². The quantitative estimate of drug-likeness (QED) is 0.317. The summed E-state index contributed by atoms with van der Waals surface area (Å²) < 4.78 is 16.5. The number of aliphatic imine (C=N–C) groups is 1. The molecule has 0 amide bonds. The first kappa shape index (κ1) is 24.0. The molecule has 2 rings (SSSR count). The van der Waals surface area contributed by atoms with Gasteiger partial charge in [-0.05, 0) is 50.1 Å². The fraction of sp³-hybridized carbons (Fsp3) is 0.632. The third kappa shape index (κ3) is 6.81. The van der Waals surface area contributed by atoms with Crippen LogP contribution in [-0.4, -0.2) is 50.9 Å². The standard InChI is InChI=1S/C19H31N3O3S.HI/c1-6-20-18(22-13-19(2)8-7-9-26-19)21-12-14-10-15(23-3)17(25-5)16(11-14)24-4;/h10-11H,6-9,12-13H2,1-5H3,(H2,20,21,22);1H. The van der Waals surface area contributed by atoms with Crippen LogP contribution in [0.25, 0.3) is 0 Å². The summed E-state index contributed by atoms with van der Waals surface area (Å²) in [6.07, 6.45) is 2.54. The zero-order valence-corrected chi connectivity index (χ0v) is 20.0. The Bertz CT molecular complexity index is 597. The smallest absolute Gasteiger partial charge is 0.203 e. The third-order valence-electron chi connectivity index (χ3n) is 4.42. The lowest BCUT2D eigenvalue weighted by atomic mass is 10.1. The summed E-state index contributed by atoms with van der Waals surface area (Å²) in [6, 6.07) is 3.87. The molecule has 1 aromatic carbocycles. The van der Waals surface area contributed by atoms with Gasteiger partial charge in [0.1, 0.15) is 0 Å². The molecule has 1 aromatic rings. The van der Waals surface area contributed by atoms with Crippen LogP contribution in [-0.2, 0) is 6.54 Å². The molecule has 8 heteroatoms. The van der Waals surface area contributed by atoms with E-state index in [4.69, 9.17) is 19.2 Å². The highest BCUT2D eigenvalue weighted by Gasteiger charge is 2.29. The second-order valence-corrected chi connectivity index (χ2v) is 8.17. The number of nitrogens with zero attached hydrogens (tertiary/aromatic N) is 1. The number of methoxy groups -OCH3 is 3. The molecule has 1 aliphatic rings. The van der Waals surface area contributed by atoms with Gasteiger partial charge in [-0.3, -0.25) is 0 Å². The first-order valence-corrected chi connectivity index (χ1v) is 9.98. The van der Waals surface area contributed by atoms with Crippen LogP contribution in [0.4, 0.5) is 0 Å². The van der Waals surface area contributed by atoms with E-state index in [2.05, 4.69) is 24.5 Å². The van der Waals surface area contributed by atoms with Gasteiger partial charge in [0, 0.05) is 17.8 Å². The van der Waals surface area contributed by atoms with Crippen molar-refractivity contribution in [1.29, 1.82) is 0 Å². The Morgan fingerprint density at radius 2 is 1.81 bits per heavy atom. The van der Waals surface area contributed by atoms with E-state index in [1.54, 1.807) is 21.3 Å². The van der Waals surface area contributed by atoms with Crippen LogP contribution in [0.2, 0.25) is 0 Å². The molecule has 1 unspecified atom stereocenters. The lowest BCUT2D eigenvalue weighted by molar-refractivity contribution is 0.324. The molecule has 0 aromatic heterocycles. The predicted molar refractivity (Wildman–Crippen MR) is 124 cm³/mol. The molecule has 0 bridgehead atoms. The van der Waals surface area contributed by atoms with Crippen LogP contribution in [0.5, 0.6) is 17.2 Å². The summed E-state index contributed by atoms with van der Waals surface area (Å²) in [5.41, 5.74) is 0.998. The number of benzene rings is 1. The summed E-state index contributed by atoms with van der Waals surface area (Å²) >= 11 is 2.04. The molecular weight excluding hydrogens is 477 g/mol. The second kappa shape index (κ2) is 11.7. The minimum absolute atomic E-state index is 0. The van der Waals surface area contributed by atoms with Crippen LogP contribution in [0.1, 0.15) is 32.3 Å². The van der Waals surface area contributed by atoms with Crippen molar-refractivity contribution in [3.05, 3.63) is 17.7 Å². The van der Waals surface area contributed by atoms with Crippen molar-refractivity contribution >= 4 is 41.7 Å². The molecule has 0 spiro atoms. The van der Waals surface area contributed by atoms with Crippen molar-refractivity contribution < 1.29 is 14.2 Å². The number of guanidine groups is 1. The molecule has 1 aliphatic heterocycles. The molecule has 0 radical (unpaired) electrons. The zero-order valence-electron chi connectivity index (χ0n) is 16.9. The molecule has 154 valence electrons. The summed E-state index contributed by atoms with van der Waals surface area (Å²) in [4.78, 5) is 4.72. The van der Waals surface area contributed by atoms with Gasteiger partial charge in [0.2, 0.25) is 5.75 Å². The Morgan fingerprint density at radius 3 is 2.30 bits per heavy atom. The Hall–Kier alpha value is -1.03. The van der Waals surface area contributed by atoms with Gasteiger partial charge >= 0.3 is 0 Å². The lowest BCUT2D eigenvalue weighted by Crippen LogP contribution is -2.43. The Labute approximate surface area is 184 Å². The highest BCUT2D eigenvalue weighted by atomic mass is 127. The van der Waals surface area contributed by atoms with Crippen LogP contribution in [0, 0.1) is 0 Å². The van der Waals surface area contributed by atoms with E-state index < -0.39 is 0 Å². The summed E-state index contributed by atoms with van der Waals surface area (Å²) in [6.45, 7) is 6.66. The maximum Gasteiger partial charge on any atom is 0.203 e. The number of rotatable bonds is 8. The first-order valence-electron chi connectivity index (χ1n) is 9.00. The van der Waals surface area contributed by atoms with Gasteiger partial charge in [-0.1, -0.05) is 0 Å². The van der Waals surface area contributed by atoms with Gasteiger partial charge in [0.05, 0.1) is 27.9 Å². The Balaban J connectivity index is 0.00000364. The van der Waals surface area contributed by atoms with E-state index in [0.29, 0.717) is 28.5 Å². The van der Waals surface area contributed by atoms with Crippen LogP contribution in [0.15, 0.2) is 17.1 Å². The van der Waals surface area contributed by atoms with Crippen molar-refractivity contribution in [2.45, 2.75) is 38.0 Å². The monoisotopic (exact) mass is 509 g/mol. The van der Waals surface area contributed by atoms with Gasteiger partial charge < -0.3 is 24.8 Å². The molecule has 1 heterocycles. The van der Waals surface area contributed by atoms with E-state index in [9.17, 15) is 0 Å². The number of halogens is 1. The van der Waals surface area contributed by atoms with Crippen molar-refractivity contribution in [2.24, 2.45) is 4.99 Å². The van der Waals surface area contributed by atoms with Crippen LogP contribution >= 0.6 is 35.7 Å². The second-order valence-electron chi connectivity index (χ2n) is 6.48. The maximum atomic E-state index is 5.41. The molecule has 2 N–H and O–H groups in total. The van der Waals surface area contributed by atoms with Crippen molar-refractivity contribution in [3.63, 3.8) is 0 Å². The van der Waals surface area contributed by atoms with Crippen molar-refractivity contribution in [1.82, 2.24) is 10.6 Å². The Kier molecular flexibility index (Phi) is 10.4. The number of thioether (sulfide) groups is 1. The average Bonchev–Trinajstić information content (AvgIpc) is 3.09. The molecule has 1 saturated heterocycles. The number of nitrogens with one attached hydrogen (secondary N) is 2. The topological polar surface area (TPSA) is 64.1 Å². The molecule has 6 nitrogen and oxygen atoms in total. The molecular formula is C19H32IN3O3S. The van der Waals surface area contributed by atoms with E-state index >= 15 is 0 Å². The summed E-state index contributed by atoms with van der Waals surface area (Å²) in [5, 5.41) is 6.80. The van der Waals surface area contributed by atoms with Gasteiger partial charge in [-0.15, -0.1) is 24.0 Å². The fourth-order valence-corrected chi connectivity index (χ4v) is 4.23. The molecule has 27 heavy (non-hydrogen) atoms. The molecule has 1 fully saturated rings. The molecule has 0 saturated carbocycles. The van der Waals surface area contributed by atoms with Gasteiger partial charge in [-0.25, -0.2) is 4.99 Å². The third-order valence-corrected chi connectivity index (χ3v) is 5.96. The highest BCUT2D eigenvalue weighted by molar-refractivity contribution is 14.0. The number of hydrogen-bond donors (Lipinski definition) is 2. The normalized spacial score (nSPS) is 19.2.